The molecule has 0 radical (unpaired) electrons. The molecule has 0 aliphatic carbocycles. The lowest BCUT2D eigenvalue weighted by molar-refractivity contribution is -0.0587. The first-order valence-electron chi connectivity index (χ1n) is 9.00. The summed E-state index contributed by atoms with van der Waals surface area (Å²) in [6, 6.07) is 23.6. The Balaban J connectivity index is 1.42. The van der Waals surface area contributed by atoms with Gasteiger partial charge in [-0.3, -0.25) is 9.59 Å². The zero-order chi connectivity index (χ0) is 20.0. The van der Waals surface area contributed by atoms with Crippen molar-refractivity contribution < 1.29 is 19.2 Å². The Kier molecular flexibility index (Phi) is 3.77. The van der Waals surface area contributed by atoms with Gasteiger partial charge in [-0.05, 0) is 35.4 Å². The van der Waals surface area contributed by atoms with Crippen LogP contribution in [0.4, 0.5) is 0 Å². The first-order chi connectivity index (χ1) is 14.1. The molecule has 29 heavy (non-hydrogen) atoms. The molecule has 1 N–H and O–H groups in total. The number of imide groups is 1. The molecular formula is C23H14N2O4. The predicted octanol–water partition coefficient (Wildman–Crippen LogP) is 4.20. The topological polar surface area (TPSA) is 79.5 Å². The Hall–Kier alpha value is -4.19. The smallest absolute Gasteiger partial charge is 0.349 e. The summed E-state index contributed by atoms with van der Waals surface area (Å²) in [5.74, 6) is -2.11. The number of benzene rings is 3. The maximum atomic E-state index is 12.6. The van der Waals surface area contributed by atoms with Crippen LogP contribution >= 0.6 is 0 Å². The van der Waals surface area contributed by atoms with Gasteiger partial charge < -0.3 is 9.82 Å². The summed E-state index contributed by atoms with van der Waals surface area (Å²) in [7, 11) is 0. The van der Waals surface area contributed by atoms with Crippen molar-refractivity contribution in [2.75, 3.05) is 0 Å². The fraction of sp³-hybridized carbons (Fsp3) is 0. The van der Waals surface area contributed by atoms with E-state index in [1.807, 2.05) is 48.5 Å². The molecule has 0 unspecified atom stereocenters. The number of hydroxylamine groups is 2. The Labute approximate surface area is 165 Å². The molecule has 6 heteroatoms. The van der Waals surface area contributed by atoms with Gasteiger partial charge in [-0.15, -0.1) is 0 Å². The van der Waals surface area contributed by atoms with E-state index in [-0.39, 0.29) is 16.8 Å². The van der Waals surface area contributed by atoms with E-state index < -0.39 is 17.8 Å². The first kappa shape index (κ1) is 16.9. The average molecular weight is 382 g/mol. The molecule has 1 aliphatic rings. The molecule has 5 rings (SSSR count). The van der Waals surface area contributed by atoms with Gasteiger partial charge in [-0.1, -0.05) is 59.7 Å². The van der Waals surface area contributed by atoms with Crippen molar-refractivity contribution in [1.29, 1.82) is 0 Å². The van der Waals surface area contributed by atoms with Gasteiger partial charge in [0.05, 0.1) is 11.1 Å². The molecule has 1 aliphatic heterocycles. The van der Waals surface area contributed by atoms with Crippen molar-refractivity contribution in [3.8, 4) is 11.1 Å². The summed E-state index contributed by atoms with van der Waals surface area (Å²) in [6.07, 6.45) is 0. The molecule has 3 aromatic carbocycles. The molecular weight excluding hydrogens is 368 g/mol. The Morgan fingerprint density at radius 1 is 0.759 bits per heavy atom. The third-order valence-electron chi connectivity index (χ3n) is 4.88. The minimum absolute atomic E-state index is 0.154. The number of nitrogens with one attached hydrogen (secondary N) is 1. The number of hydrogen-bond acceptors (Lipinski definition) is 4. The van der Waals surface area contributed by atoms with E-state index in [4.69, 9.17) is 4.84 Å². The zero-order valence-electron chi connectivity index (χ0n) is 15.1. The quantitative estimate of drug-likeness (QED) is 0.539. The van der Waals surface area contributed by atoms with Gasteiger partial charge in [0.2, 0.25) is 0 Å². The van der Waals surface area contributed by atoms with E-state index in [1.54, 1.807) is 18.2 Å². The van der Waals surface area contributed by atoms with Gasteiger partial charge in [0, 0.05) is 10.9 Å². The minimum atomic E-state index is -0.808. The molecule has 0 spiro atoms. The van der Waals surface area contributed by atoms with Crippen LogP contribution in [0.1, 0.15) is 31.2 Å². The standard InChI is InChI=1S/C23H14N2O4/c26-21-17-8-4-5-9-18(17)22(27)25(21)29-23(28)20-13-16-11-10-15(12-19(16)24-20)14-6-2-1-3-7-14/h1-13,24H. The van der Waals surface area contributed by atoms with Crippen molar-refractivity contribution in [1.82, 2.24) is 10.0 Å². The van der Waals surface area contributed by atoms with E-state index in [0.717, 1.165) is 22.0 Å². The van der Waals surface area contributed by atoms with Crippen LogP contribution in [0, 0.1) is 0 Å². The first-order valence-corrected chi connectivity index (χ1v) is 9.00. The number of amides is 2. The highest BCUT2D eigenvalue weighted by molar-refractivity contribution is 6.21. The third kappa shape index (κ3) is 2.78. The fourth-order valence-electron chi connectivity index (χ4n) is 3.43. The maximum absolute atomic E-state index is 12.6. The van der Waals surface area contributed by atoms with Crippen molar-refractivity contribution in [2.24, 2.45) is 0 Å². The van der Waals surface area contributed by atoms with Crippen LogP contribution in [0.5, 0.6) is 0 Å². The lowest BCUT2D eigenvalue weighted by Gasteiger charge is -2.11. The number of hydrogen-bond donors (Lipinski definition) is 1. The number of carbonyl (C=O) groups is 3. The molecule has 1 aromatic heterocycles. The van der Waals surface area contributed by atoms with Crippen LogP contribution in [0.15, 0.2) is 78.9 Å². The molecule has 0 fully saturated rings. The van der Waals surface area contributed by atoms with E-state index in [9.17, 15) is 14.4 Å². The van der Waals surface area contributed by atoms with Crippen LogP contribution in [0.3, 0.4) is 0 Å². The van der Waals surface area contributed by atoms with Gasteiger partial charge in [-0.2, -0.15) is 0 Å². The SMILES string of the molecule is O=C(ON1C(=O)c2ccccc2C1=O)c1cc2ccc(-c3ccccc3)cc2[nH]1. The number of H-pyrrole nitrogens is 1. The molecule has 0 atom stereocenters. The number of fused-ring (bicyclic) bond motifs is 2. The Bertz CT molecular complexity index is 1260. The van der Waals surface area contributed by atoms with E-state index in [1.165, 1.54) is 12.1 Å². The normalized spacial score (nSPS) is 13.0. The molecule has 0 saturated carbocycles. The van der Waals surface area contributed by atoms with Crippen LogP contribution in [0.2, 0.25) is 0 Å². The van der Waals surface area contributed by atoms with Crippen molar-refractivity contribution in [3.05, 3.63) is 95.7 Å². The number of rotatable bonds is 3. The van der Waals surface area contributed by atoms with E-state index >= 15 is 0 Å². The van der Waals surface area contributed by atoms with Gasteiger partial charge in [0.1, 0.15) is 5.69 Å². The molecule has 4 aromatic rings. The zero-order valence-corrected chi connectivity index (χ0v) is 15.1. The summed E-state index contributed by atoms with van der Waals surface area (Å²) in [6.45, 7) is 0. The third-order valence-corrected chi connectivity index (χ3v) is 4.88. The van der Waals surface area contributed by atoms with Crippen molar-refractivity contribution in [2.45, 2.75) is 0 Å². The molecule has 0 saturated heterocycles. The highest BCUT2D eigenvalue weighted by Gasteiger charge is 2.39. The monoisotopic (exact) mass is 382 g/mol. The predicted molar refractivity (Wildman–Crippen MR) is 106 cm³/mol. The number of aromatic nitrogens is 1. The summed E-state index contributed by atoms with van der Waals surface area (Å²) in [5.41, 5.74) is 3.39. The molecule has 2 heterocycles. The van der Waals surface area contributed by atoms with Crippen LogP contribution in [-0.2, 0) is 4.84 Å². The second kappa shape index (κ2) is 6.45. The number of nitrogens with zero attached hydrogens (tertiary/aromatic N) is 1. The molecule has 6 nitrogen and oxygen atoms in total. The Morgan fingerprint density at radius 3 is 2.10 bits per heavy atom. The summed E-state index contributed by atoms with van der Waals surface area (Å²) >= 11 is 0. The fourth-order valence-corrected chi connectivity index (χ4v) is 3.43. The summed E-state index contributed by atoms with van der Waals surface area (Å²) < 4.78 is 0. The summed E-state index contributed by atoms with van der Waals surface area (Å²) in [5, 5.41) is 1.33. The highest BCUT2D eigenvalue weighted by Crippen LogP contribution is 2.26. The van der Waals surface area contributed by atoms with E-state index in [2.05, 4.69) is 4.98 Å². The average Bonchev–Trinajstić information content (AvgIpc) is 3.29. The maximum Gasteiger partial charge on any atom is 0.380 e. The van der Waals surface area contributed by atoms with Crippen LogP contribution < -0.4 is 0 Å². The van der Waals surface area contributed by atoms with Crippen LogP contribution in [-0.4, -0.2) is 27.8 Å². The van der Waals surface area contributed by atoms with Crippen LogP contribution in [0.25, 0.3) is 22.0 Å². The second-order valence-electron chi connectivity index (χ2n) is 6.68. The van der Waals surface area contributed by atoms with Gasteiger partial charge in [0.15, 0.2) is 0 Å². The van der Waals surface area contributed by atoms with Crippen molar-refractivity contribution in [3.63, 3.8) is 0 Å². The van der Waals surface area contributed by atoms with Crippen molar-refractivity contribution >= 4 is 28.7 Å². The largest absolute Gasteiger partial charge is 0.380 e. The Morgan fingerprint density at radius 2 is 1.41 bits per heavy atom. The number of carbonyl (C=O) groups excluding carboxylic acids is 3. The van der Waals surface area contributed by atoms with Gasteiger partial charge in [-0.25, -0.2) is 4.79 Å². The highest BCUT2D eigenvalue weighted by atomic mass is 16.7. The molecule has 2 amide bonds. The van der Waals surface area contributed by atoms with Gasteiger partial charge >= 0.3 is 5.97 Å². The molecule has 140 valence electrons. The summed E-state index contributed by atoms with van der Waals surface area (Å²) in [4.78, 5) is 45.4. The number of aromatic amines is 1. The molecule has 0 bridgehead atoms. The van der Waals surface area contributed by atoms with Gasteiger partial charge in [0.25, 0.3) is 11.8 Å². The lowest BCUT2D eigenvalue weighted by Crippen LogP contribution is -2.32. The van der Waals surface area contributed by atoms with E-state index in [0.29, 0.717) is 5.06 Å². The second-order valence-corrected chi connectivity index (χ2v) is 6.68. The lowest BCUT2D eigenvalue weighted by atomic mass is 10.0. The minimum Gasteiger partial charge on any atom is -0.349 e.